The third kappa shape index (κ3) is 4.83. The summed E-state index contributed by atoms with van der Waals surface area (Å²) in [5.74, 6) is -1.01. The number of methoxy groups -OCH3 is 1. The molecule has 1 amide bonds. The van der Waals surface area contributed by atoms with E-state index in [1.54, 1.807) is 0 Å². The third-order valence-electron chi connectivity index (χ3n) is 2.81. The highest BCUT2D eigenvalue weighted by Gasteiger charge is 2.21. The molecule has 3 N–H and O–H groups in total. The van der Waals surface area contributed by atoms with Crippen LogP contribution in [0, 0.1) is 0 Å². The summed E-state index contributed by atoms with van der Waals surface area (Å²) in [6.45, 7) is 1.88. The number of hydrogen-bond acceptors (Lipinski definition) is 5. The largest absolute Gasteiger partial charge is 0.467 e. The number of sulfonamides is 1. The van der Waals surface area contributed by atoms with E-state index in [4.69, 9.17) is 5.14 Å². The number of rotatable bonds is 6. The summed E-state index contributed by atoms with van der Waals surface area (Å²) in [6, 6.07) is 4.39. The minimum Gasteiger partial charge on any atom is -0.467 e. The van der Waals surface area contributed by atoms with Gasteiger partial charge in [0.15, 0.2) is 0 Å². The number of ether oxygens (including phenoxy) is 1. The molecule has 0 aliphatic heterocycles. The molecule has 0 bridgehead atoms. The van der Waals surface area contributed by atoms with Crippen LogP contribution in [0.4, 0.5) is 0 Å². The van der Waals surface area contributed by atoms with Gasteiger partial charge in [0.1, 0.15) is 6.04 Å². The zero-order valence-electron chi connectivity index (χ0n) is 11.8. The van der Waals surface area contributed by atoms with Crippen molar-refractivity contribution in [1.82, 2.24) is 5.32 Å². The molecule has 0 saturated carbocycles. The van der Waals surface area contributed by atoms with Gasteiger partial charge in [-0.3, -0.25) is 4.79 Å². The third-order valence-corrected chi connectivity index (χ3v) is 3.74. The molecule has 0 spiro atoms. The number of benzene rings is 1. The lowest BCUT2D eigenvalue weighted by atomic mass is 10.1. The lowest BCUT2D eigenvalue weighted by Crippen LogP contribution is -2.41. The topological polar surface area (TPSA) is 116 Å². The number of amides is 1. The highest BCUT2D eigenvalue weighted by molar-refractivity contribution is 7.89. The van der Waals surface area contributed by atoms with Crippen molar-refractivity contribution < 1.29 is 22.7 Å². The molecule has 0 aliphatic carbocycles. The number of nitrogens with two attached hydrogens (primary N) is 1. The van der Waals surface area contributed by atoms with E-state index in [0.29, 0.717) is 12.8 Å². The van der Waals surface area contributed by atoms with Crippen LogP contribution in [0.5, 0.6) is 0 Å². The molecule has 0 heterocycles. The van der Waals surface area contributed by atoms with Gasteiger partial charge in [-0.25, -0.2) is 18.4 Å². The molecule has 7 nitrogen and oxygen atoms in total. The first kappa shape index (κ1) is 17.1. The van der Waals surface area contributed by atoms with Gasteiger partial charge in [-0.15, -0.1) is 0 Å². The van der Waals surface area contributed by atoms with Gasteiger partial charge in [-0.2, -0.15) is 0 Å². The Hall–Kier alpha value is -1.93. The van der Waals surface area contributed by atoms with E-state index in [9.17, 15) is 18.0 Å². The van der Waals surface area contributed by atoms with Crippen molar-refractivity contribution in [2.45, 2.75) is 30.7 Å². The van der Waals surface area contributed by atoms with E-state index in [-0.39, 0.29) is 10.5 Å². The summed E-state index contributed by atoms with van der Waals surface area (Å²) < 4.78 is 26.9. The number of primary sulfonamides is 1. The average molecular weight is 314 g/mol. The van der Waals surface area contributed by atoms with Crippen LogP contribution in [0.25, 0.3) is 0 Å². The molecule has 0 aromatic heterocycles. The number of carbonyl (C=O) groups excluding carboxylic acids is 2. The van der Waals surface area contributed by atoms with Crippen LogP contribution in [0.15, 0.2) is 29.2 Å². The van der Waals surface area contributed by atoms with Crippen LogP contribution in [-0.4, -0.2) is 33.4 Å². The van der Waals surface area contributed by atoms with E-state index in [1.165, 1.54) is 31.4 Å². The van der Waals surface area contributed by atoms with Crippen LogP contribution in [0.2, 0.25) is 0 Å². The van der Waals surface area contributed by atoms with Gasteiger partial charge in [0, 0.05) is 5.56 Å². The fraction of sp³-hybridized carbons (Fsp3) is 0.385. The van der Waals surface area contributed by atoms with E-state index in [0.717, 1.165) is 0 Å². The van der Waals surface area contributed by atoms with Crippen molar-refractivity contribution in [2.75, 3.05) is 7.11 Å². The normalized spacial score (nSPS) is 12.5. The van der Waals surface area contributed by atoms with Gasteiger partial charge >= 0.3 is 5.97 Å². The minimum absolute atomic E-state index is 0.0860. The second kappa shape index (κ2) is 7.19. The van der Waals surface area contributed by atoms with Crippen LogP contribution in [0.3, 0.4) is 0 Å². The molecule has 1 atom stereocenters. The molecule has 1 rings (SSSR count). The Morgan fingerprint density at radius 3 is 2.29 bits per heavy atom. The number of nitrogens with one attached hydrogen (secondary N) is 1. The first-order valence-corrected chi connectivity index (χ1v) is 7.85. The van der Waals surface area contributed by atoms with Gasteiger partial charge in [-0.1, -0.05) is 13.3 Å². The number of carbonyl (C=O) groups is 2. The zero-order valence-corrected chi connectivity index (χ0v) is 12.6. The van der Waals surface area contributed by atoms with Crippen molar-refractivity contribution in [3.05, 3.63) is 29.8 Å². The highest BCUT2D eigenvalue weighted by Crippen LogP contribution is 2.09. The maximum absolute atomic E-state index is 12.0. The van der Waals surface area contributed by atoms with Crippen molar-refractivity contribution >= 4 is 21.9 Å². The summed E-state index contributed by atoms with van der Waals surface area (Å²) in [4.78, 5) is 23.4. The first-order valence-electron chi connectivity index (χ1n) is 6.31. The molecule has 0 aliphatic rings. The number of esters is 1. The molecule has 0 radical (unpaired) electrons. The monoisotopic (exact) mass is 314 g/mol. The maximum atomic E-state index is 12.0. The lowest BCUT2D eigenvalue weighted by molar-refractivity contribution is -0.143. The van der Waals surface area contributed by atoms with Crippen molar-refractivity contribution in [2.24, 2.45) is 5.14 Å². The lowest BCUT2D eigenvalue weighted by Gasteiger charge is -2.15. The summed E-state index contributed by atoms with van der Waals surface area (Å²) in [7, 11) is -2.55. The second-order valence-electron chi connectivity index (χ2n) is 4.41. The van der Waals surface area contributed by atoms with E-state index < -0.39 is 27.9 Å². The molecule has 1 aromatic carbocycles. The Morgan fingerprint density at radius 1 is 1.29 bits per heavy atom. The summed E-state index contributed by atoms with van der Waals surface area (Å²) in [5, 5.41) is 7.52. The predicted octanol–water partition coefficient (Wildman–Crippen LogP) is 0.406. The van der Waals surface area contributed by atoms with Crippen LogP contribution in [-0.2, 0) is 19.6 Å². The molecule has 1 aromatic rings. The van der Waals surface area contributed by atoms with Crippen molar-refractivity contribution in [3.8, 4) is 0 Å². The quantitative estimate of drug-likeness (QED) is 0.738. The molecule has 116 valence electrons. The average Bonchev–Trinajstić information content (AvgIpc) is 2.45. The fourth-order valence-corrected chi connectivity index (χ4v) is 2.23. The Labute approximate surface area is 123 Å². The van der Waals surface area contributed by atoms with Crippen LogP contribution < -0.4 is 10.5 Å². The molecular formula is C13H18N2O5S. The van der Waals surface area contributed by atoms with Gasteiger partial charge < -0.3 is 10.1 Å². The molecule has 0 unspecified atom stereocenters. The highest BCUT2D eigenvalue weighted by atomic mass is 32.2. The Balaban J connectivity index is 2.85. The minimum atomic E-state index is -3.80. The van der Waals surface area contributed by atoms with Gasteiger partial charge in [0.05, 0.1) is 12.0 Å². The van der Waals surface area contributed by atoms with Crippen LogP contribution >= 0.6 is 0 Å². The van der Waals surface area contributed by atoms with Crippen molar-refractivity contribution in [1.29, 1.82) is 0 Å². The Morgan fingerprint density at radius 2 is 1.86 bits per heavy atom. The SMILES string of the molecule is CCC[C@@H](NC(=O)c1ccc(S(N)(=O)=O)cc1)C(=O)OC. The molecule has 0 saturated heterocycles. The summed E-state index contributed by atoms with van der Waals surface area (Å²) in [6.07, 6.45) is 1.15. The predicted molar refractivity (Wildman–Crippen MR) is 76.0 cm³/mol. The zero-order chi connectivity index (χ0) is 16.0. The van der Waals surface area contributed by atoms with E-state index in [2.05, 4.69) is 10.1 Å². The molecule has 0 fully saturated rings. The summed E-state index contributed by atoms with van der Waals surface area (Å²) >= 11 is 0. The number of hydrogen-bond donors (Lipinski definition) is 2. The smallest absolute Gasteiger partial charge is 0.328 e. The first-order chi connectivity index (χ1) is 9.79. The van der Waals surface area contributed by atoms with Gasteiger partial charge in [0.2, 0.25) is 10.0 Å². The van der Waals surface area contributed by atoms with E-state index in [1.807, 2.05) is 6.92 Å². The van der Waals surface area contributed by atoms with Crippen LogP contribution in [0.1, 0.15) is 30.1 Å². The van der Waals surface area contributed by atoms with Gasteiger partial charge in [-0.05, 0) is 30.7 Å². The van der Waals surface area contributed by atoms with E-state index >= 15 is 0 Å². The molecular weight excluding hydrogens is 296 g/mol. The fourth-order valence-electron chi connectivity index (χ4n) is 1.72. The Kier molecular flexibility index (Phi) is 5.86. The second-order valence-corrected chi connectivity index (χ2v) is 5.97. The Bertz CT molecular complexity index is 610. The molecule has 8 heteroatoms. The van der Waals surface area contributed by atoms with Gasteiger partial charge in [0.25, 0.3) is 5.91 Å². The van der Waals surface area contributed by atoms with Crippen molar-refractivity contribution in [3.63, 3.8) is 0 Å². The summed E-state index contributed by atoms with van der Waals surface area (Å²) in [5.41, 5.74) is 0.229. The standard InChI is InChI=1S/C13H18N2O5S/c1-3-4-11(13(17)20-2)15-12(16)9-5-7-10(8-6-9)21(14,18)19/h5-8,11H,3-4H2,1-2H3,(H,15,16)(H2,14,18,19)/t11-/m1/s1. The maximum Gasteiger partial charge on any atom is 0.328 e. The molecule has 21 heavy (non-hydrogen) atoms.